The highest BCUT2D eigenvalue weighted by atomic mass is 16.6. The third kappa shape index (κ3) is 4.47. The average Bonchev–Trinajstić information content (AvgIpc) is 2.57. The van der Waals surface area contributed by atoms with Gasteiger partial charge in [-0.05, 0) is 32.6 Å². The molecule has 0 aromatic carbocycles. The second-order valence-corrected chi connectivity index (χ2v) is 6.43. The molecule has 0 amide bonds. The first-order valence-corrected chi connectivity index (χ1v) is 8.31. The number of nitrogens with one attached hydrogen (secondary N) is 1. The fraction of sp³-hybridized carbons (Fsp3) is 0.688. The lowest BCUT2D eigenvalue weighted by molar-refractivity contribution is -0.537. The smallest absolute Gasteiger partial charge is 0.262 e. The van der Waals surface area contributed by atoms with E-state index in [1.165, 1.54) is 32.4 Å². The molecule has 2 rings (SSSR count). The minimum Gasteiger partial charge on any atom is -0.379 e. The summed E-state index contributed by atoms with van der Waals surface area (Å²) in [6, 6.07) is 0.191. The van der Waals surface area contributed by atoms with Gasteiger partial charge in [0.2, 0.25) is 0 Å². The zero-order chi connectivity index (χ0) is 17.6. The molecule has 0 bridgehead atoms. The molecule has 1 fully saturated rings. The number of aromatic nitrogens is 2. The van der Waals surface area contributed by atoms with E-state index in [4.69, 9.17) is 4.74 Å². The lowest BCUT2D eigenvalue weighted by Crippen LogP contribution is -2.43. The molecule has 1 aromatic heterocycles. The molecule has 0 aliphatic heterocycles. The number of ether oxygens (including phenoxy) is 1. The van der Waals surface area contributed by atoms with Crippen LogP contribution in [0.4, 0.5) is 0 Å². The van der Waals surface area contributed by atoms with E-state index < -0.39 is 5.54 Å². The van der Waals surface area contributed by atoms with E-state index in [1.54, 1.807) is 0 Å². The van der Waals surface area contributed by atoms with Gasteiger partial charge in [0.15, 0.2) is 5.71 Å². The van der Waals surface area contributed by atoms with Crippen molar-refractivity contribution in [3.8, 4) is 0 Å². The highest BCUT2D eigenvalue weighted by molar-refractivity contribution is 6.04. The molecule has 24 heavy (non-hydrogen) atoms. The Morgan fingerprint density at radius 1 is 1.42 bits per heavy atom. The Hall–Kier alpha value is -2.09. The van der Waals surface area contributed by atoms with E-state index in [9.17, 15) is 10.1 Å². The summed E-state index contributed by atoms with van der Waals surface area (Å²) >= 11 is 0. The molecule has 1 aliphatic carbocycles. The fourth-order valence-electron chi connectivity index (χ4n) is 2.77. The van der Waals surface area contributed by atoms with Gasteiger partial charge in [-0.3, -0.25) is 20.1 Å². The van der Waals surface area contributed by atoms with Crippen LogP contribution >= 0.6 is 0 Å². The van der Waals surface area contributed by atoms with E-state index in [-0.39, 0.29) is 16.7 Å². The maximum Gasteiger partial charge on any atom is 0.262 e. The van der Waals surface area contributed by atoms with Crippen LogP contribution in [0.5, 0.6) is 0 Å². The Balaban J connectivity index is 2.11. The Morgan fingerprint density at radius 2 is 2.12 bits per heavy atom. The van der Waals surface area contributed by atoms with Crippen LogP contribution in [0.2, 0.25) is 0 Å². The van der Waals surface area contributed by atoms with Crippen LogP contribution in [0.25, 0.3) is 0 Å². The van der Waals surface area contributed by atoms with Crippen molar-refractivity contribution in [2.75, 3.05) is 6.61 Å². The van der Waals surface area contributed by atoms with Crippen molar-refractivity contribution in [3.05, 3.63) is 34.4 Å². The van der Waals surface area contributed by atoms with E-state index in [0.717, 1.165) is 32.3 Å². The van der Waals surface area contributed by atoms with Gasteiger partial charge < -0.3 is 10.2 Å². The number of hydrazone groups is 1. The van der Waals surface area contributed by atoms with Gasteiger partial charge in [0, 0.05) is 43.8 Å². The Kier molecular flexibility index (Phi) is 6.19. The first-order valence-electron chi connectivity index (χ1n) is 8.31. The van der Waals surface area contributed by atoms with Crippen LogP contribution in [0.1, 0.15) is 52.1 Å². The molecule has 1 aromatic rings. The van der Waals surface area contributed by atoms with Gasteiger partial charge in [0.05, 0.1) is 12.3 Å². The number of hydrogen-bond acceptors (Lipinski definition) is 7. The normalized spacial score (nSPS) is 22.2. The van der Waals surface area contributed by atoms with Crippen molar-refractivity contribution in [1.82, 2.24) is 15.4 Å². The molecular weight excluding hydrogens is 310 g/mol. The van der Waals surface area contributed by atoms with Crippen molar-refractivity contribution >= 4 is 5.71 Å². The molecule has 1 heterocycles. The second-order valence-electron chi connectivity index (χ2n) is 6.43. The lowest BCUT2D eigenvalue weighted by atomic mass is 9.93. The maximum atomic E-state index is 11.4. The van der Waals surface area contributed by atoms with E-state index in [2.05, 4.69) is 20.5 Å². The highest BCUT2D eigenvalue weighted by Gasteiger charge is 2.40. The maximum absolute atomic E-state index is 11.4. The Morgan fingerprint density at radius 3 is 2.67 bits per heavy atom. The molecule has 0 radical (unpaired) electrons. The number of nitro groups is 1. The van der Waals surface area contributed by atoms with Crippen molar-refractivity contribution in [2.45, 2.75) is 64.1 Å². The van der Waals surface area contributed by atoms with Gasteiger partial charge in [-0.2, -0.15) is 5.10 Å². The van der Waals surface area contributed by atoms with Gasteiger partial charge in [-0.25, -0.2) is 0 Å². The summed E-state index contributed by atoms with van der Waals surface area (Å²) in [5.41, 5.74) is 2.44. The molecule has 1 saturated carbocycles. The van der Waals surface area contributed by atoms with Gasteiger partial charge in [-0.15, -0.1) is 0 Å². The topological polar surface area (TPSA) is 103 Å². The monoisotopic (exact) mass is 335 g/mol. The van der Waals surface area contributed by atoms with Crippen LogP contribution in [0.3, 0.4) is 0 Å². The largest absolute Gasteiger partial charge is 0.379 e. The molecule has 8 nitrogen and oxygen atoms in total. The van der Waals surface area contributed by atoms with Gasteiger partial charge in [-0.1, -0.05) is 0 Å². The third-order valence-electron chi connectivity index (χ3n) is 4.28. The van der Waals surface area contributed by atoms with E-state index >= 15 is 0 Å². The van der Waals surface area contributed by atoms with Crippen molar-refractivity contribution in [3.63, 3.8) is 0 Å². The molecular formula is C16H25N5O3. The average molecular weight is 335 g/mol. The first kappa shape index (κ1) is 18.3. The summed E-state index contributed by atoms with van der Waals surface area (Å²) in [5.74, 6) is 0. The summed E-state index contributed by atoms with van der Waals surface area (Å²) in [6.07, 6.45) is 8.66. The van der Waals surface area contributed by atoms with Crippen LogP contribution in [0.15, 0.2) is 23.7 Å². The summed E-state index contributed by atoms with van der Waals surface area (Å²) in [7, 11) is 0. The molecule has 0 unspecified atom stereocenters. The highest BCUT2D eigenvalue weighted by Crippen LogP contribution is 2.22. The molecule has 1 N–H and O–H groups in total. The van der Waals surface area contributed by atoms with Gasteiger partial charge >= 0.3 is 0 Å². The van der Waals surface area contributed by atoms with E-state index in [1.807, 2.05) is 6.92 Å². The predicted octanol–water partition coefficient (Wildman–Crippen LogP) is 2.17. The molecule has 0 saturated heterocycles. The zero-order valence-corrected chi connectivity index (χ0v) is 14.4. The van der Waals surface area contributed by atoms with Crippen molar-refractivity contribution in [2.24, 2.45) is 5.10 Å². The minimum atomic E-state index is -1.36. The van der Waals surface area contributed by atoms with Gasteiger partial charge in [0.25, 0.3) is 5.54 Å². The van der Waals surface area contributed by atoms with Crippen molar-refractivity contribution in [1.29, 1.82) is 0 Å². The molecule has 132 valence electrons. The Bertz CT molecular complexity index is 568. The molecule has 0 atom stereocenters. The zero-order valence-electron chi connectivity index (χ0n) is 14.4. The third-order valence-corrected chi connectivity index (χ3v) is 4.28. The summed E-state index contributed by atoms with van der Waals surface area (Å²) in [5, 5.41) is 15.8. The van der Waals surface area contributed by atoms with Gasteiger partial charge in [0.1, 0.15) is 5.69 Å². The summed E-state index contributed by atoms with van der Waals surface area (Å²) in [4.78, 5) is 19.2. The number of rotatable bonds is 7. The predicted molar refractivity (Wildman–Crippen MR) is 90.4 cm³/mol. The van der Waals surface area contributed by atoms with E-state index in [0.29, 0.717) is 11.8 Å². The SMILES string of the molecule is CCOC1CCC(N/N=C(/c2cnccn2)C(C)(C)[N+](=O)[O-])CC1. The minimum absolute atomic E-state index is 0.191. The van der Waals surface area contributed by atoms with Crippen molar-refractivity contribution < 1.29 is 9.66 Å². The Labute approximate surface area is 141 Å². The first-order chi connectivity index (χ1) is 11.4. The molecule has 1 aliphatic rings. The quantitative estimate of drug-likeness (QED) is 0.465. The van der Waals surface area contributed by atoms with Crippen LogP contribution in [-0.2, 0) is 4.74 Å². The standard InChI is InChI=1S/C16H25N5O3/c1-4-24-13-7-5-12(6-8-13)19-20-15(16(2,3)21(22)23)14-11-17-9-10-18-14/h9-13,19H,4-8H2,1-3H3/b20-15-. The van der Waals surface area contributed by atoms with Crippen LogP contribution in [0, 0.1) is 10.1 Å². The summed E-state index contributed by atoms with van der Waals surface area (Å²) in [6.45, 7) is 5.78. The summed E-state index contributed by atoms with van der Waals surface area (Å²) < 4.78 is 5.64. The number of nitrogens with zero attached hydrogens (tertiary/aromatic N) is 4. The lowest BCUT2D eigenvalue weighted by Gasteiger charge is -2.28. The molecule has 8 heteroatoms. The van der Waals surface area contributed by atoms with Crippen LogP contribution in [-0.4, -0.2) is 44.9 Å². The molecule has 0 spiro atoms. The fourth-order valence-corrected chi connectivity index (χ4v) is 2.77. The number of hydrogen-bond donors (Lipinski definition) is 1. The second kappa shape index (κ2) is 8.14. The van der Waals surface area contributed by atoms with Crippen LogP contribution < -0.4 is 5.43 Å².